The fourth-order valence-corrected chi connectivity index (χ4v) is 2.45. The minimum atomic E-state index is -0.0714. The van der Waals surface area contributed by atoms with Gasteiger partial charge in [0, 0.05) is 28.8 Å². The zero-order valence-corrected chi connectivity index (χ0v) is 11.7. The van der Waals surface area contributed by atoms with E-state index in [0.29, 0.717) is 12.1 Å². The molecule has 2 rings (SSSR count). The Morgan fingerprint density at radius 3 is 3.00 bits per heavy atom. The van der Waals surface area contributed by atoms with E-state index in [1.165, 1.54) is 0 Å². The van der Waals surface area contributed by atoms with Crippen LogP contribution in [0.3, 0.4) is 0 Å². The third-order valence-corrected chi connectivity index (χ3v) is 3.54. The molecule has 5 heteroatoms. The van der Waals surface area contributed by atoms with Crippen molar-refractivity contribution in [1.29, 1.82) is 0 Å². The molecule has 0 atom stereocenters. The van der Waals surface area contributed by atoms with Gasteiger partial charge in [0.05, 0.1) is 10.7 Å². The first kappa shape index (κ1) is 13.1. The molecular formula is C13H14N2OS2. The molecule has 18 heavy (non-hydrogen) atoms. The molecule has 0 fully saturated rings. The Morgan fingerprint density at radius 2 is 2.33 bits per heavy atom. The van der Waals surface area contributed by atoms with Gasteiger partial charge in [-0.1, -0.05) is 6.07 Å². The van der Waals surface area contributed by atoms with Gasteiger partial charge in [-0.2, -0.15) is 0 Å². The first-order chi connectivity index (χ1) is 8.65. The van der Waals surface area contributed by atoms with Crippen LogP contribution in [-0.2, 0) is 6.42 Å². The lowest BCUT2D eigenvalue weighted by atomic mass is 10.2. The average molecular weight is 278 g/mol. The second kappa shape index (κ2) is 6.02. The van der Waals surface area contributed by atoms with Crippen LogP contribution in [0, 0.1) is 6.92 Å². The van der Waals surface area contributed by atoms with Crippen LogP contribution in [0.25, 0.3) is 0 Å². The van der Waals surface area contributed by atoms with Crippen molar-refractivity contribution in [2.45, 2.75) is 18.2 Å². The molecule has 0 saturated heterocycles. The van der Waals surface area contributed by atoms with Crippen molar-refractivity contribution in [2.75, 3.05) is 6.54 Å². The zero-order chi connectivity index (χ0) is 13.0. The average Bonchev–Trinajstić information content (AvgIpc) is 2.75. The van der Waals surface area contributed by atoms with Gasteiger partial charge in [-0.05, 0) is 25.1 Å². The molecule has 0 aliphatic heterocycles. The molecule has 2 aromatic rings. The van der Waals surface area contributed by atoms with E-state index in [0.717, 1.165) is 22.0 Å². The summed E-state index contributed by atoms with van der Waals surface area (Å²) in [5, 5.41) is 5.95. The molecule has 1 N–H and O–H groups in total. The van der Waals surface area contributed by atoms with Gasteiger partial charge in [0.15, 0.2) is 0 Å². The van der Waals surface area contributed by atoms with Crippen molar-refractivity contribution < 1.29 is 4.79 Å². The number of benzene rings is 1. The largest absolute Gasteiger partial charge is 0.352 e. The highest BCUT2D eigenvalue weighted by Crippen LogP contribution is 2.09. The maximum atomic E-state index is 11.8. The van der Waals surface area contributed by atoms with Crippen LogP contribution < -0.4 is 5.32 Å². The Labute approximate surface area is 116 Å². The molecular weight excluding hydrogens is 264 g/mol. The minimum Gasteiger partial charge on any atom is -0.352 e. The molecule has 0 aliphatic rings. The quantitative estimate of drug-likeness (QED) is 0.844. The van der Waals surface area contributed by atoms with Crippen LogP contribution in [0.1, 0.15) is 21.1 Å². The summed E-state index contributed by atoms with van der Waals surface area (Å²) in [7, 11) is 0. The predicted octanol–water partition coefficient (Wildman–Crippen LogP) is 2.71. The van der Waals surface area contributed by atoms with Crippen LogP contribution in [0.2, 0.25) is 0 Å². The second-order valence-corrected chi connectivity index (χ2v) is 5.49. The van der Waals surface area contributed by atoms with Crippen LogP contribution in [0.5, 0.6) is 0 Å². The summed E-state index contributed by atoms with van der Waals surface area (Å²) >= 11 is 5.84. The molecule has 1 aromatic carbocycles. The predicted molar refractivity (Wildman–Crippen MR) is 76.6 cm³/mol. The highest BCUT2D eigenvalue weighted by Gasteiger charge is 2.05. The summed E-state index contributed by atoms with van der Waals surface area (Å²) in [4.78, 5) is 17.0. The lowest BCUT2D eigenvalue weighted by Crippen LogP contribution is -2.25. The van der Waals surface area contributed by atoms with Gasteiger partial charge >= 0.3 is 0 Å². The van der Waals surface area contributed by atoms with E-state index in [4.69, 9.17) is 0 Å². The summed E-state index contributed by atoms with van der Waals surface area (Å²) in [6.07, 6.45) is 0.761. The molecule has 0 spiro atoms. The fourth-order valence-electron chi connectivity index (χ4n) is 1.58. The van der Waals surface area contributed by atoms with Crippen LogP contribution >= 0.6 is 24.0 Å². The Bertz CT molecular complexity index is 551. The van der Waals surface area contributed by atoms with E-state index in [9.17, 15) is 4.79 Å². The van der Waals surface area contributed by atoms with Crippen LogP contribution in [-0.4, -0.2) is 17.4 Å². The number of rotatable bonds is 4. The number of carbonyl (C=O) groups excluding carboxylic acids is 1. The monoisotopic (exact) mass is 278 g/mol. The number of carbonyl (C=O) groups is 1. The fraction of sp³-hybridized carbons (Fsp3) is 0.231. The van der Waals surface area contributed by atoms with Crippen molar-refractivity contribution in [2.24, 2.45) is 0 Å². The molecule has 1 amide bonds. The van der Waals surface area contributed by atoms with Crippen molar-refractivity contribution in [3.63, 3.8) is 0 Å². The molecule has 1 aromatic heterocycles. The lowest BCUT2D eigenvalue weighted by molar-refractivity contribution is 0.0954. The molecule has 0 saturated carbocycles. The third kappa shape index (κ3) is 3.58. The highest BCUT2D eigenvalue weighted by atomic mass is 32.1. The summed E-state index contributed by atoms with van der Waals surface area (Å²) in [6.45, 7) is 2.57. The zero-order valence-electron chi connectivity index (χ0n) is 10.0. The van der Waals surface area contributed by atoms with Crippen LogP contribution in [0.15, 0.2) is 34.5 Å². The highest BCUT2D eigenvalue weighted by molar-refractivity contribution is 7.80. The number of thiol groups is 1. The van der Waals surface area contributed by atoms with Crippen LogP contribution in [0.4, 0.5) is 0 Å². The van der Waals surface area contributed by atoms with Gasteiger partial charge in [0.25, 0.3) is 5.91 Å². The van der Waals surface area contributed by atoms with Gasteiger partial charge in [0.2, 0.25) is 0 Å². The van der Waals surface area contributed by atoms with E-state index in [-0.39, 0.29) is 5.91 Å². The smallest absolute Gasteiger partial charge is 0.251 e. The number of aryl methyl sites for hydroxylation is 1. The summed E-state index contributed by atoms with van der Waals surface area (Å²) in [5.41, 5.74) is 1.66. The standard InChI is InChI=1S/C13H14N2OS2/c1-9-15-11(8-18-9)5-6-14-13(16)10-3-2-4-12(17)7-10/h2-4,7-8,17H,5-6H2,1H3,(H,14,16). The van der Waals surface area contributed by atoms with E-state index < -0.39 is 0 Å². The summed E-state index contributed by atoms with van der Waals surface area (Å²) < 4.78 is 0. The SMILES string of the molecule is Cc1nc(CCNC(=O)c2cccc(S)c2)cs1. The summed E-state index contributed by atoms with van der Waals surface area (Å²) in [5.74, 6) is -0.0714. The Kier molecular flexibility index (Phi) is 4.38. The van der Waals surface area contributed by atoms with Gasteiger partial charge in [-0.3, -0.25) is 4.79 Å². The number of thiazole rings is 1. The van der Waals surface area contributed by atoms with Crippen molar-refractivity contribution in [3.05, 3.63) is 45.9 Å². The summed E-state index contributed by atoms with van der Waals surface area (Å²) in [6, 6.07) is 7.20. The molecule has 94 valence electrons. The topological polar surface area (TPSA) is 42.0 Å². The molecule has 1 heterocycles. The number of nitrogens with one attached hydrogen (secondary N) is 1. The molecule has 0 unspecified atom stereocenters. The first-order valence-electron chi connectivity index (χ1n) is 5.63. The minimum absolute atomic E-state index is 0.0714. The maximum absolute atomic E-state index is 11.8. The third-order valence-electron chi connectivity index (χ3n) is 2.44. The van der Waals surface area contributed by atoms with E-state index in [2.05, 4.69) is 22.9 Å². The number of hydrogen-bond donors (Lipinski definition) is 2. The second-order valence-electron chi connectivity index (χ2n) is 3.91. The Balaban J connectivity index is 1.85. The van der Waals surface area contributed by atoms with Gasteiger partial charge < -0.3 is 5.32 Å². The van der Waals surface area contributed by atoms with E-state index >= 15 is 0 Å². The van der Waals surface area contributed by atoms with Gasteiger partial charge in [-0.25, -0.2) is 4.98 Å². The number of aromatic nitrogens is 1. The van der Waals surface area contributed by atoms with E-state index in [1.54, 1.807) is 23.5 Å². The van der Waals surface area contributed by atoms with Gasteiger partial charge in [0.1, 0.15) is 0 Å². The lowest BCUT2D eigenvalue weighted by Gasteiger charge is -2.04. The van der Waals surface area contributed by atoms with Crippen molar-refractivity contribution in [1.82, 2.24) is 10.3 Å². The van der Waals surface area contributed by atoms with E-state index in [1.807, 2.05) is 24.4 Å². The molecule has 3 nitrogen and oxygen atoms in total. The number of hydrogen-bond acceptors (Lipinski definition) is 4. The number of amides is 1. The molecule has 0 bridgehead atoms. The first-order valence-corrected chi connectivity index (χ1v) is 6.96. The Morgan fingerprint density at radius 1 is 1.50 bits per heavy atom. The van der Waals surface area contributed by atoms with Crippen molar-refractivity contribution >= 4 is 29.9 Å². The van der Waals surface area contributed by atoms with Crippen molar-refractivity contribution in [3.8, 4) is 0 Å². The maximum Gasteiger partial charge on any atom is 0.251 e. The molecule has 0 aliphatic carbocycles. The normalized spacial score (nSPS) is 10.3. The Hall–Kier alpha value is -1.33. The number of nitrogens with zero attached hydrogens (tertiary/aromatic N) is 1. The van der Waals surface area contributed by atoms with Gasteiger partial charge in [-0.15, -0.1) is 24.0 Å². The molecule has 0 radical (unpaired) electrons.